The second-order valence-electron chi connectivity index (χ2n) is 17.5. The molecule has 1 aliphatic heterocycles. The van der Waals surface area contributed by atoms with Crippen molar-refractivity contribution in [2.75, 3.05) is 13.2 Å². The van der Waals surface area contributed by atoms with Gasteiger partial charge in [-0.3, -0.25) is 18.6 Å². The molecule has 68 heavy (non-hydrogen) atoms. The lowest BCUT2D eigenvalue weighted by molar-refractivity contribution is -0.167. The largest absolute Gasteiger partial charge is 0.472 e. The number of carbonyl (C=O) groups excluding carboxylic acids is 2. The minimum absolute atomic E-state index is 0.0652. The minimum atomic E-state index is -5.45. The average molecular weight is 983 g/mol. The SMILES string of the molecule is CC/C=C\C/C=C\C/C=C\C/C=C\C/C=C\CCCCCC(=O)OC[C@@H]1COP(=O)(O)O[C@H]2[C@H](O)[C@@H](O)[C@H](O)[C@@H](CC=CCCCC(=O)O1)[C@@H](O)C[C@@H](O)[C@H](/C=C/[C@@H](O)CCCCC)[C@@H](O)[C@H]2O. The molecule has 0 aromatic heterocycles. The van der Waals surface area contributed by atoms with Gasteiger partial charge in [0.05, 0.1) is 37.1 Å². The summed E-state index contributed by atoms with van der Waals surface area (Å²) in [5.74, 6) is -4.07. The van der Waals surface area contributed by atoms with E-state index in [9.17, 15) is 59.9 Å². The van der Waals surface area contributed by atoms with Gasteiger partial charge in [0.15, 0.2) is 6.10 Å². The van der Waals surface area contributed by atoms with Crippen LogP contribution in [0.25, 0.3) is 0 Å². The average Bonchev–Trinajstić information content (AvgIpc) is 3.31. The number of phosphoric ester groups is 1. The topological polar surface area (TPSA) is 270 Å². The molecule has 9 N–H and O–H groups in total. The molecule has 1 aliphatic carbocycles. The van der Waals surface area contributed by atoms with Crippen molar-refractivity contribution in [3.8, 4) is 0 Å². The number of cyclic esters (lactones) is 1. The number of aliphatic hydroxyl groups is 8. The number of esters is 2. The highest BCUT2D eigenvalue weighted by Gasteiger charge is 2.49. The number of ether oxygens (including phenoxy) is 2. The van der Waals surface area contributed by atoms with E-state index in [1.165, 1.54) is 12.2 Å². The third-order valence-electron chi connectivity index (χ3n) is 11.8. The molecule has 1 fully saturated rings. The van der Waals surface area contributed by atoms with E-state index in [2.05, 4.69) is 67.7 Å². The maximum atomic E-state index is 13.5. The van der Waals surface area contributed by atoms with Crippen LogP contribution in [0.1, 0.15) is 136 Å². The molecule has 17 heteroatoms. The summed E-state index contributed by atoms with van der Waals surface area (Å²) in [7, 11) is -5.45. The molecule has 1 saturated carbocycles. The van der Waals surface area contributed by atoms with Crippen LogP contribution in [0.5, 0.6) is 0 Å². The number of rotatable bonds is 23. The van der Waals surface area contributed by atoms with E-state index < -0.39 is 112 Å². The Bertz CT molecular complexity index is 1640. The Hall–Kier alpha value is -3.09. The highest BCUT2D eigenvalue weighted by atomic mass is 31.2. The predicted octanol–water partition coefficient (Wildman–Crippen LogP) is 6.44. The van der Waals surface area contributed by atoms with Gasteiger partial charge >= 0.3 is 19.8 Å². The van der Waals surface area contributed by atoms with E-state index in [1.807, 2.05) is 6.92 Å². The Morgan fingerprint density at radius 1 is 0.779 bits per heavy atom. The lowest BCUT2D eigenvalue weighted by Crippen LogP contribution is -2.55. The Morgan fingerprint density at radius 3 is 2.06 bits per heavy atom. The maximum absolute atomic E-state index is 13.5. The van der Waals surface area contributed by atoms with Gasteiger partial charge in [-0.05, 0) is 77.0 Å². The van der Waals surface area contributed by atoms with Crippen molar-refractivity contribution in [1.82, 2.24) is 0 Å². The summed E-state index contributed by atoms with van der Waals surface area (Å²) < 4.78 is 34.7. The molecule has 13 atom stereocenters. The lowest BCUT2D eigenvalue weighted by atomic mass is 9.83. The molecule has 0 amide bonds. The van der Waals surface area contributed by atoms with Crippen LogP contribution in [0, 0.1) is 11.8 Å². The van der Waals surface area contributed by atoms with Crippen molar-refractivity contribution in [2.45, 2.75) is 197 Å². The zero-order valence-electron chi connectivity index (χ0n) is 40.2. The molecule has 0 radical (unpaired) electrons. The molecule has 0 aromatic rings. The summed E-state index contributed by atoms with van der Waals surface area (Å²) in [4.78, 5) is 36.5. The fourth-order valence-corrected chi connectivity index (χ4v) is 8.69. The second kappa shape index (κ2) is 35.9. The first-order valence-electron chi connectivity index (χ1n) is 24.6. The van der Waals surface area contributed by atoms with Gasteiger partial charge in [-0.2, -0.15) is 0 Å². The van der Waals surface area contributed by atoms with E-state index >= 15 is 0 Å². The monoisotopic (exact) mass is 983 g/mol. The van der Waals surface area contributed by atoms with E-state index in [-0.39, 0.29) is 25.7 Å². The molecule has 1 unspecified atom stereocenters. The second-order valence-corrected chi connectivity index (χ2v) is 19.0. The van der Waals surface area contributed by atoms with Crippen molar-refractivity contribution >= 4 is 19.8 Å². The van der Waals surface area contributed by atoms with Crippen LogP contribution >= 0.6 is 7.82 Å². The number of aliphatic hydroxyl groups excluding tert-OH is 8. The first-order valence-corrected chi connectivity index (χ1v) is 26.1. The van der Waals surface area contributed by atoms with Crippen molar-refractivity contribution < 1.29 is 78.4 Å². The zero-order valence-corrected chi connectivity index (χ0v) is 41.1. The standard InChI is InChI=1S/C51H83O16P/c1-3-5-7-8-9-10-11-12-13-14-15-16-17-18-19-20-21-22-27-31-44(55)64-36-39-37-65-68(62,63)67-51-49(60)47(58)41(34-33-38(52)29-25-6-4-2)43(54)35-42(53)40(46(57)48(59)50(51)61)30-26-23-24-28-32-45(56)66-39/h5,7,9-10,12-13,15-16,18-19,23,26,33-34,38-43,46-54,57-61H,3-4,6,8,11,14,17,20-22,24-25,27-32,35-37H2,1-2H3,(H,62,63)/b7-5-,10-9-,13-12-,16-15-,19-18-,26-23?,34-33+/t38-,39+,40-,41-,42-,43+,46+,47+,48-,49+,50+,51+/m0/s1. The van der Waals surface area contributed by atoms with Crippen LogP contribution in [0.2, 0.25) is 0 Å². The molecular weight excluding hydrogens is 900 g/mol. The first-order chi connectivity index (χ1) is 32.6. The number of fused-ring (bicyclic) bond motifs is 4. The fourth-order valence-electron chi connectivity index (χ4n) is 7.72. The molecule has 2 aliphatic rings. The fraction of sp³-hybridized carbons (Fsp3) is 0.686. The Balaban J connectivity index is 2.09. The van der Waals surface area contributed by atoms with E-state index in [1.54, 1.807) is 12.2 Å². The molecule has 1 heterocycles. The molecule has 388 valence electrons. The smallest absolute Gasteiger partial charge is 0.462 e. The third-order valence-corrected chi connectivity index (χ3v) is 12.8. The summed E-state index contributed by atoms with van der Waals surface area (Å²) in [5.41, 5.74) is 0. The molecule has 2 bridgehead atoms. The van der Waals surface area contributed by atoms with Gasteiger partial charge in [-0.25, -0.2) is 4.57 Å². The highest BCUT2D eigenvalue weighted by molar-refractivity contribution is 7.47. The molecular formula is C51H83O16P. The van der Waals surface area contributed by atoms with Crippen LogP contribution < -0.4 is 0 Å². The summed E-state index contributed by atoms with van der Waals surface area (Å²) in [6.45, 7) is 2.68. The summed E-state index contributed by atoms with van der Waals surface area (Å²) in [6, 6.07) is 0. The van der Waals surface area contributed by atoms with Crippen molar-refractivity contribution in [3.63, 3.8) is 0 Å². The van der Waals surface area contributed by atoms with Crippen molar-refractivity contribution in [1.29, 1.82) is 0 Å². The minimum Gasteiger partial charge on any atom is -0.462 e. The van der Waals surface area contributed by atoms with Gasteiger partial charge in [0.25, 0.3) is 0 Å². The van der Waals surface area contributed by atoms with E-state index in [0.29, 0.717) is 25.7 Å². The van der Waals surface area contributed by atoms with Gasteiger partial charge in [0, 0.05) is 31.1 Å². The van der Waals surface area contributed by atoms with Crippen LogP contribution in [-0.2, 0) is 32.7 Å². The normalized spacial score (nSPS) is 31.6. The van der Waals surface area contributed by atoms with E-state index in [4.69, 9.17) is 18.5 Å². The Kier molecular flexibility index (Phi) is 32.2. The quantitative estimate of drug-likeness (QED) is 0.0231. The number of allylic oxidation sites excluding steroid dienone is 12. The van der Waals surface area contributed by atoms with E-state index in [0.717, 1.165) is 64.2 Å². The van der Waals surface area contributed by atoms with Gasteiger partial charge in [0.2, 0.25) is 0 Å². The Labute approximate surface area is 404 Å². The van der Waals surface area contributed by atoms with Gasteiger partial charge < -0.3 is 55.2 Å². The highest BCUT2D eigenvalue weighted by Crippen LogP contribution is 2.47. The summed E-state index contributed by atoms with van der Waals surface area (Å²) in [6.07, 6.45) is 18.4. The maximum Gasteiger partial charge on any atom is 0.472 e. The predicted molar refractivity (Wildman–Crippen MR) is 260 cm³/mol. The third kappa shape index (κ3) is 25.7. The van der Waals surface area contributed by atoms with Crippen LogP contribution in [0.4, 0.5) is 0 Å². The van der Waals surface area contributed by atoms with Crippen LogP contribution in [0.15, 0.2) is 85.1 Å². The van der Waals surface area contributed by atoms with Crippen molar-refractivity contribution in [3.05, 3.63) is 85.1 Å². The first kappa shape index (κ1) is 61.0. The Morgan fingerprint density at radius 2 is 1.41 bits per heavy atom. The molecule has 16 nitrogen and oxygen atoms in total. The molecule has 0 aromatic carbocycles. The molecule has 0 spiro atoms. The summed E-state index contributed by atoms with van der Waals surface area (Å²) in [5, 5.41) is 90.0. The summed E-state index contributed by atoms with van der Waals surface area (Å²) >= 11 is 0. The van der Waals surface area contributed by atoms with Gasteiger partial charge in [-0.15, -0.1) is 0 Å². The molecule has 0 saturated heterocycles. The van der Waals surface area contributed by atoms with Crippen molar-refractivity contribution in [2.24, 2.45) is 11.8 Å². The van der Waals surface area contributed by atoms with Gasteiger partial charge in [0.1, 0.15) is 31.0 Å². The number of hydrogen-bond acceptors (Lipinski definition) is 15. The van der Waals surface area contributed by atoms with Gasteiger partial charge in [-0.1, -0.05) is 125 Å². The number of hydrogen-bond donors (Lipinski definition) is 9. The zero-order chi connectivity index (χ0) is 50.2. The van der Waals surface area contributed by atoms with Crippen LogP contribution in [0.3, 0.4) is 0 Å². The lowest BCUT2D eigenvalue weighted by Gasteiger charge is -2.37. The molecule has 2 rings (SSSR count). The number of carbonyl (C=O) groups is 2. The van der Waals surface area contributed by atoms with Crippen LogP contribution in [-0.4, -0.2) is 132 Å². The number of unbranched alkanes of at least 4 members (excludes halogenated alkanes) is 5. The number of phosphoric acid groups is 1.